The minimum atomic E-state index is -3.20. The highest BCUT2D eigenvalue weighted by molar-refractivity contribution is 6.89. The summed E-state index contributed by atoms with van der Waals surface area (Å²) in [5.74, 6) is 0.293. The lowest BCUT2D eigenvalue weighted by Crippen LogP contribution is -2.59. The van der Waals surface area contributed by atoms with Crippen LogP contribution >= 0.6 is 0 Å². The first-order valence-electron chi connectivity index (χ1n) is 33.8. The van der Waals surface area contributed by atoms with Crippen molar-refractivity contribution < 1.29 is 119 Å². The Bertz CT molecular complexity index is 2650. The Morgan fingerprint density at radius 1 is 0.418 bits per heavy atom. The van der Waals surface area contributed by atoms with Crippen molar-refractivity contribution in [3.05, 3.63) is 121 Å². The lowest BCUT2D eigenvalue weighted by molar-refractivity contribution is -0.0260. The smallest absolute Gasteiger partial charge is 0.357 e. The summed E-state index contributed by atoms with van der Waals surface area (Å²) in [4.78, 5) is 43.6. The molecule has 0 heterocycles. The molecule has 0 amide bonds. The van der Waals surface area contributed by atoms with E-state index in [9.17, 15) is 65.1 Å². The molecule has 0 aliphatic heterocycles. The van der Waals surface area contributed by atoms with Crippen LogP contribution in [0.5, 0.6) is 0 Å². The first-order chi connectivity index (χ1) is 46.4. The van der Waals surface area contributed by atoms with E-state index < -0.39 is 112 Å². The van der Waals surface area contributed by atoms with Gasteiger partial charge < -0.3 is 119 Å². The van der Waals surface area contributed by atoms with Crippen LogP contribution in [-0.2, 0) is 38.9 Å². The molecule has 1 saturated carbocycles. The summed E-state index contributed by atoms with van der Waals surface area (Å²) in [5, 5.41) is 116. The summed E-state index contributed by atoms with van der Waals surface area (Å²) in [6, 6.07) is 40.6. The number of aliphatic hydroxyl groups is 12. The molecular formula is C65H120O25Si8. The topological polar surface area (TPSA) is 407 Å². The standard InChI is InChI=1S/C18H32O6Si2.C17H32O6Si2.C16H30O7Si2.C14H26O6Si2/c1-23-26(13-11-19,12-10-15-8-9-17(20)18(21)14-15)24-25(2,22)16-6-4-3-5-7-16;1-15(19)17(20)11-7-8-13-25(22-2,14-12-18)23-24(3,21)16-9-5-4-6-10-16;1-21-25(12-9-17,11-6-10-22-14-15(19)13-18)23-24(2,20)16-7-4-3-5-8-16;1-19-22(10-6-9-15,12-13(17)11-16)20-21(2,18)14-7-4-3-5-8-14/h3-7,15,17-22H,8-14H2,1-2H3;4-6,9-10,15,17-21H,7-8,11-14H2,1-3H3;3-5,7-8,15,17-20H,6,9-14H2,1-2H3;3-5,7-8,13,15-18H,6,9-12H2,1-2H3. The fourth-order valence-electron chi connectivity index (χ4n) is 11.4. The Hall–Kier alpha value is -2.38. The van der Waals surface area contributed by atoms with Crippen molar-refractivity contribution >= 4 is 89.2 Å². The van der Waals surface area contributed by atoms with E-state index in [4.69, 9.17) is 54.2 Å². The van der Waals surface area contributed by atoms with E-state index in [0.29, 0.717) is 98.5 Å². The van der Waals surface area contributed by atoms with Crippen molar-refractivity contribution in [2.75, 3.05) is 81.3 Å². The number of rotatable bonds is 44. The van der Waals surface area contributed by atoms with Crippen LogP contribution in [0.1, 0.15) is 64.7 Å². The van der Waals surface area contributed by atoms with Crippen molar-refractivity contribution in [1.29, 1.82) is 0 Å². The van der Waals surface area contributed by atoms with Crippen molar-refractivity contribution in [3.8, 4) is 0 Å². The van der Waals surface area contributed by atoms with Gasteiger partial charge in [-0.15, -0.1) is 0 Å². The molecule has 33 heteroatoms. The maximum atomic E-state index is 11.0. The van der Waals surface area contributed by atoms with Crippen LogP contribution in [0.2, 0.25) is 74.5 Å². The van der Waals surface area contributed by atoms with Gasteiger partial charge in [0.25, 0.3) is 0 Å². The molecule has 4 aromatic carbocycles. The molecule has 25 nitrogen and oxygen atoms in total. The van der Waals surface area contributed by atoms with Gasteiger partial charge in [0.15, 0.2) is 0 Å². The zero-order valence-corrected chi connectivity index (χ0v) is 67.1. The molecule has 0 spiro atoms. The summed E-state index contributed by atoms with van der Waals surface area (Å²) in [6.07, 6.45) is 1.21. The van der Waals surface area contributed by atoms with Gasteiger partial charge in [-0.1, -0.05) is 134 Å². The molecule has 1 aliphatic carbocycles. The lowest BCUT2D eigenvalue weighted by atomic mass is 9.84. The maximum Gasteiger partial charge on any atom is 0.357 e. The number of benzene rings is 4. The predicted molar refractivity (Wildman–Crippen MR) is 394 cm³/mol. The molecule has 4 aromatic rings. The van der Waals surface area contributed by atoms with Gasteiger partial charge in [-0.05, 0) is 129 Å². The van der Waals surface area contributed by atoms with Gasteiger partial charge in [0.1, 0.15) is 6.10 Å². The molecule has 16 N–H and O–H groups in total. The predicted octanol–water partition coefficient (Wildman–Crippen LogP) is 1.55. The first-order valence-corrected chi connectivity index (χ1v) is 52.1. The molecule has 1 fully saturated rings. The molecule has 0 saturated heterocycles. The minimum absolute atomic E-state index is 0.0221. The second-order valence-electron chi connectivity index (χ2n) is 25.5. The molecule has 5 rings (SSSR count). The zero-order valence-electron chi connectivity index (χ0n) is 59.1. The summed E-state index contributed by atoms with van der Waals surface area (Å²) in [7, 11) is -17.8. The van der Waals surface area contributed by atoms with Crippen molar-refractivity contribution in [2.45, 2.75) is 176 Å². The fourth-order valence-corrected chi connectivity index (χ4v) is 40.1. The van der Waals surface area contributed by atoms with Crippen molar-refractivity contribution in [3.63, 3.8) is 0 Å². The van der Waals surface area contributed by atoms with Gasteiger partial charge >= 0.3 is 68.5 Å². The third-order valence-corrected chi connectivity index (χ3v) is 46.6. The van der Waals surface area contributed by atoms with E-state index in [1.54, 1.807) is 66.6 Å². The van der Waals surface area contributed by atoms with Gasteiger partial charge in [0.05, 0.1) is 50.3 Å². The molecule has 0 radical (unpaired) electrons. The van der Waals surface area contributed by atoms with Gasteiger partial charge in [-0.2, -0.15) is 0 Å². The SMILES string of the molecule is CO[Si](CCCO)(CC(O)CO)O[Si](C)(O)c1ccccc1.CO[Si](CCO)(CCC1CCC(O)C(O)C1)O[Si](C)(O)c1ccccc1.CO[Si](CCO)(CCCCC(O)C(C)O)O[Si](C)(O)c1ccccc1.CO[Si](CCO)(CCCOCC(O)CO)O[Si](C)(O)c1ccccc1. The first kappa shape index (κ1) is 91.7. The molecule has 0 aromatic heterocycles. The largest absolute Gasteiger partial charge is 0.411 e. The Labute approximate surface area is 589 Å². The van der Waals surface area contributed by atoms with E-state index in [-0.39, 0.29) is 45.7 Å². The van der Waals surface area contributed by atoms with E-state index in [0.717, 1.165) is 34.8 Å². The van der Waals surface area contributed by atoms with Crippen LogP contribution in [0.3, 0.4) is 0 Å². The molecule has 1 aliphatic rings. The summed E-state index contributed by atoms with van der Waals surface area (Å²) in [6.45, 7) is 7.88. The normalized spacial score (nSPS) is 21.0. The zero-order chi connectivity index (χ0) is 73.5. The lowest BCUT2D eigenvalue weighted by Gasteiger charge is -2.37. The summed E-state index contributed by atoms with van der Waals surface area (Å²) < 4.78 is 52.8. The summed E-state index contributed by atoms with van der Waals surface area (Å²) >= 11 is 0. The average Bonchev–Trinajstić information content (AvgIpc) is 0.832. The maximum absolute atomic E-state index is 11.0. The fraction of sp³-hybridized carbons (Fsp3) is 0.631. The Kier molecular flexibility index (Phi) is 44.1. The van der Waals surface area contributed by atoms with Gasteiger partial charge in [0.2, 0.25) is 0 Å². The van der Waals surface area contributed by atoms with Gasteiger partial charge in [-0.25, -0.2) is 0 Å². The Morgan fingerprint density at radius 2 is 0.776 bits per heavy atom. The average molecular weight is 1530 g/mol. The van der Waals surface area contributed by atoms with Crippen molar-refractivity contribution in [1.82, 2.24) is 0 Å². The van der Waals surface area contributed by atoms with E-state index >= 15 is 0 Å². The molecule has 562 valence electrons. The highest BCUT2D eigenvalue weighted by Crippen LogP contribution is 2.34. The number of hydrogen-bond donors (Lipinski definition) is 16. The van der Waals surface area contributed by atoms with Crippen LogP contribution in [0.15, 0.2) is 121 Å². The third-order valence-electron chi connectivity index (χ3n) is 17.3. The molecular weight excluding hydrogens is 1410 g/mol. The Balaban J connectivity index is 0.000000445. The van der Waals surface area contributed by atoms with Gasteiger partial charge in [0, 0.05) is 85.6 Å². The van der Waals surface area contributed by atoms with E-state index in [1.807, 2.05) is 109 Å². The molecule has 0 bridgehead atoms. The van der Waals surface area contributed by atoms with Crippen LogP contribution in [-0.4, -0.2) is 267 Å². The second kappa shape index (κ2) is 47.1. The number of hydrogen-bond acceptors (Lipinski definition) is 25. The molecule has 15 unspecified atom stereocenters. The van der Waals surface area contributed by atoms with E-state index in [1.165, 1.54) is 7.11 Å². The highest BCUT2D eigenvalue weighted by Gasteiger charge is 2.49. The Morgan fingerprint density at radius 3 is 1.11 bits per heavy atom. The van der Waals surface area contributed by atoms with Crippen LogP contribution in [0.4, 0.5) is 0 Å². The van der Waals surface area contributed by atoms with E-state index in [2.05, 4.69) is 0 Å². The highest BCUT2D eigenvalue weighted by atomic mass is 28.5. The molecule has 15 atom stereocenters. The number of aliphatic hydroxyl groups excluding tert-OH is 12. The van der Waals surface area contributed by atoms with Crippen LogP contribution in [0, 0.1) is 5.92 Å². The number of ether oxygens (including phenoxy) is 1. The minimum Gasteiger partial charge on any atom is -0.411 e. The van der Waals surface area contributed by atoms with Crippen LogP contribution < -0.4 is 20.7 Å². The summed E-state index contributed by atoms with van der Waals surface area (Å²) in [5.41, 5.74) is 0. The second-order valence-corrected chi connectivity index (χ2v) is 51.7. The van der Waals surface area contributed by atoms with Crippen molar-refractivity contribution in [2.24, 2.45) is 5.92 Å². The monoisotopic (exact) mass is 1520 g/mol. The third kappa shape index (κ3) is 33.2. The van der Waals surface area contributed by atoms with Crippen LogP contribution in [0.25, 0.3) is 0 Å². The molecule has 98 heavy (non-hydrogen) atoms. The number of unbranched alkanes of at least 4 members (excludes halogenated alkanes) is 1. The quantitative estimate of drug-likeness (QED) is 0.0221. The van der Waals surface area contributed by atoms with Gasteiger partial charge in [-0.3, -0.25) is 0 Å².